The molecule has 78 valence electrons. The highest BCUT2D eigenvalue weighted by Gasteiger charge is 2.09. The van der Waals surface area contributed by atoms with E-state index in [0.29, 0.717) is 5.88 Å². The first-order valence-corrected chi connectivity index (χ1v) is 5.29. The van der Waals surface area contributed by atoms with Gasteiger partial charge in [0.05, 0.1) is 5.88 Å². The molecule has 0 spiro atoms. The Hall–Kier alpha value is -1.35. The summed E-state index contributed by atoms with van der Waals surface area (Å²) in [4.78, 5) is 0. The predicted molar refractivity (Wildman–Crippen MR) is 60.4 cm³/mol. The lowest BCUT2D eigenvalue weighted by Crippen LogP contribution is -2.01. The summed E-state index contributed by atoms with van der Waals surface area (Å²) >= 11 is 5.81. The van der Waals surface area contributed by atoms with Crippen molar-refractivity contribution in [3.05, 3.63) is 41.5 Å². The zero-order chi connectivity index (χ0) is 10.8. The Balaban J connectivity index is 2.57. The second-order valence-electron chi connectivity index (χ2n) is 3.47. The first kappa shape index (κ1) is 10.2. The van der Waals surface area contributed by atoms with Crippen LogP contribution in [0.1, 0.15) is 17.2 Å². The van der Waals surface area contributed by atoms with Crippen molar-refractivity contribution >= 4 is 11.6 Å². The third-order valence-corrected chi connectivity index (χ3v) is 2.51. The molecule has 0 saturated carbocycles. The van der Waals surface area contributed by atoms with Crippen molar-refractivity contribution in [1.82, 2.24) is 14.8 Å². The molecule has 0 aliphatic carbocycles. The number of hydrogen-bond acceptors (Lipinski definition) is 2. The van der Waals surface area contributed by atoms with Crippen LogP contribution in [-0.4, -0.2) is 14.8 Å². The molecule has 0 aliphatic rings. The lowest BCUT2D eigenvalue weighted by Gasteiger charge is -2.07. The largest absolute Gasteiger partial charge is 0.282 e. The van der Waals surface area contributed by atoms with Gasteiger partial charge < -0.3 is 0 Å². The fourth-order valence-electron chi connectivity index (χ4n) is 1.60. The zero-order valence-electron chi connectivity index (χ0n) is 8.74. The number of rotatable bonds is 2. The molecule has 0 bridgehead atoms. The Morgan fingerprint density at radius 2 is 2.07 bits per heavy atom. The fraction of sp³-hybridized carbons (Fsp3) is 0.273. The summed E-state index contributed by atoms with van der Waals surface area (Å²) in [5.41, 5.74) is 2.27. The van der Waals surface area contributed by atoms with Gasteiger partial charge in [-0.05, 0) is 31.5 Å². The molecule has 3 nitrogen and oxygen atoms in total. The molecule has 1 aromatic carbocycles. The molecule has 2 rings (SSSR count). The van der Waals surface area contributed by atoms with Crippen LogP contribution in [0.2, 0.25) is 0 Å². The number of hydrogen-bond donors (Lipinski definition) is 0. The van der Waals surface area contributed by atoms with Crippen LogP contribution in [0.15, 0.2) is 24.3 Å². The monoisotopic (exact) mass is 221 g/mol. The number of halogens is 1. The summed E-state index contributed by atoms with van der Waals surface area (Å²) in [5, 5.41) is 8.04. The van der Waals surface area contributed by atoms with E-state index in [1.165, 1.54) is 5.56 Å². The van der Waals surface area contributed by atoms with Crippen molar-refractivity contribution in [2.24, 2.45) is 0 Å². The van der Waals surface area contributed by atoms with E-state index in [4.69, 9.17) is 11.6 Å². The third kappa shape index (κ3) is 1.88. The average molecular weight is 222 g/mol. The molecule has 0 unspecified atom stereocenters. The van der Waals surface area contributed by atoms with Gasteiger partial charge in [0.1, 0.15) is 5.82 Å². The lowest BCUT2D eigenvalue weighted by atomic mass is 10.2. The van der Waals surface area contributed by atoms with Crippen molar-refractivity contribution in [2.75, 3.05) is 0 Å². The summed E-state index contributed by atoms with van der Waals surface area (Å²) in [6.45, 7) is 3.98. The maximum absolute atomic E-state index is 5.81. The molecule has 1 heterocycles. The van der Waals surface area contributed by atoms with E-state index in [9.17, 15) is 0 Å². The summed E-state index contributed by atoms with van der Waals surface area (Å²) in [7, 11) is 0. The second-order valence-corrected chi connectivity index (χ2v) is 3.74. The molecule has 0 amide bonds. The van der Waals surface area contributed by atoms with Crippen molar-refractivity contribution < 1.29 is 0 Å². The van der Waals surface area contributed by atoms with E-state index >= 15 is 0 Å². The van der Waals surface area contributed by atoms with E-state index in [-0.39, 0.29) is 0 Å². The van der Waals surface area contributed by atoms with E-state index in [1.54, 1.807) is 0 Å². The van der Waals surface area contributed by atoms with E-state index in [1.807, 2.05) is 23.6 Å². The summed E-state index contributed by atoms with van der Waals surface area (Å²) in [5.74, 6) is 2.01. The van der Waals surface area contributed by atoms with Crippen molar-refractivity contribution in [2.45, 2.75) is 19.7 Å². The molecule has 0 atom stereocenters. The minimum atomic E-state index is 0.370. The number of nitrogens with zero attached hydrogens (tertiary/aromatic N) is 3. The van der Waals surface area contributed by atoms with E-state index in [0.717, 1.165) is 17.3 Å². The van der Waals surface area contributed by atoms with Gasteiger partial charge in [0, 0.05) is 5.69 Å². The average Bonchev–Trinajstić information content (AvgIpc) is 2.59. The van der Waals surface area contributed by atoms with E-state index < -0.39 is 0 Å². The topological polar surface area (TPSA) is 30.7 Å². The molecule has 1 aromatic heterocycles. The van der Waals surface area contributed by atoms with Crippen LogP contribution in [0.25, 0.3) is 5.69 Å². The Labute approximate surface area is 93.7 Å². The zero-order valence-corrected chi connectivity index (χ0v) is 9.49. The standard InChI is InChI=1S/C11H12ClN3/c1-8-4-3-5-10(6-8)15-9(2)13-14-11(15)7-12/h3-6H,7H2,1-2H3. The number of aromatic nitrogens is 3. The molecular weight excluding hydrogens is 210 g/mol. The third-order valence-electron chi connectivity index (χ3n) is 2.27. The van der Waals surface area contributed by atoms with Crippen LogP contribution in [0.5, 0.6) is 0 Å². The van der Waals surface area contributed by atoms with Gasteiger partial charge in [-0.2, -0.15) is 0 Å². The van der Waals surface area contributed by atoms with Gasteiger partial charge >= 0.3 is 0 Å². The molecule has 0 radical (unpaired) electrons. The Morgan fingerprint density at radius 1 is 1.27 bits per heavy atom. The van der Waals surface area contributed by atoms with Crippen LogP contribution < -0.4 is 0 Å². The van der Waals surface area contributed by atoms with Gasteiger partial charge in [0.2, 0.25) is 0 Å². The molecule has 0 N–H and O–H groups in total. The maximum atomic E-state index is 5.81. The smallest absolute Gasteiger partial charge is 0.152 e. The number of alkyl halides is 1. The molecule has 4 heteroatoms. The number of benzene rings is 1. The minimum absolute atomic E-state index is 0.370. The van der Waals surface area contributed by atoms with Gasteiger partial charge in [0.15, 0.2) is 5.82 Å². The van der Waals surface area contributed by atoms with Gasteiger partial charge in [-0.25, -0.2) is 0 Å². The van der Waals surface area contributed by atoms with Crippen LogP contribution in [0.3, 0.4) is 0 Å². The predicted octanol–water partition coefficient (Wildman–Crippen LogP) is 2.62. The van der Waals surface area contributed by atoms with Crippen molar-refractivity contribution in [3.8, 4) is 5.69 Å². The SMILES string of the molecule is Cc1cccc(-n2c(C)nnc2CCl)c1. The summed E-state index contributed by atoms with van der Waals surface area (Å²) in [6.07, 6.45) is 0. The fourth-order valence-corrected chi connectivity index (χ4v) is 1.77. The molecule has 15 heavy (non-hydrogen) atoms. The van der Waals surface area contributed by atoms with Crippen LogP contribution >= 0.6 is 11.6 Å². The lowest BCUT2D eigenvalue weighted by molar-refractivity contribution is 0.924. The second kappa shape index (κ2) is 4.03. The molecule has 0 saturated heterocycles. The Morgan fingerprint density at radius 3 is 2.73 bits per heavy atom. The number of aryl methyl sites for hydroxylation is 2. The van der Waals surface area contributed by atoms with E-state index in [2.05, 4.69) is 29.3 Å². The van der Waals surface area contributed by atoms with Crippen LogP contribution in [0, 0.1) is 13.8 Å². The first-order valence-electron chi connectivity index (χ1n) is 4.76. The highest BCUT2D eigenvalue weighted by Crippen LogP contribution is 2.15. The maximum Gasteiger partial charge on any atom is 0.152 e. The van der Waals surface area contributed by atoms with Crippen molar-refractivity contribution in [1.29, 1.82) is 0 Å². The Kier molecular flexibility index (Phi) is 2.73. The molecule has 2 aromatic rings. The quantitative estimate of drug-likeness (QED) is 0.730. The minimum Gasteiger partial charge on any atom is -0.282 e. The van der Waals surface area contributed by atoms with Gasteiger partial charge in [-0.3, -0.25) is 4.57 Å². The van der Waals surface area contributed by atoms with Crippen molar-refractivity contribution in [3.63, 3.8) is 0 Å². The van der Waals surface area contributed by atoms with Crippen LogP contribution in [0.4, 0.5) is 0 Å². The van der Waals surface area contributed by atoms with Crippen LogP contribution in [-0.2, 0) is 5.88 Å². The highest BCUT2D eigenvalue weighted by atomic mass is 35.5. The highest BCUT2D eigenvalue weighted by molar-refractivity contribution is 6.16. The molecular formula is C11H12ClN3. The first-order chi connectivity index (χ1) is 7.22. The van der Waals surface area contributed by atoms with Gasteiger partial charge in [-0.15, -0.1) is 21.8 Å². The Bertz CT molecular complexity index is 476. The molecule has 0 fully saturated rings. The summed E-state index contributed by atoms with van der Waals surface area (Å²) in [6, 6.07) is 8.19. The van der Waals surface area contributed by atoms with Gasteiger partial charge in [-0.1, -0.05) is 12.1 Å². The normalized spacial score (nSPS) is 10.6. The summed E-state index contributed by atoms with van der Waals surface area (Å²) < 4.78 is 1.97. The molecule has 0 aliphatic heterocycles. The van der Waals surface area contributed by atoms with Gasteiger partial charge in [0.25, 0.3) is 0 Å².